The Balaban J connectivity index is 3.26. The molecule has 19 heavy (non-hydrogen) atoms. The number of nitrogens with zero attached hydrogens (tertiary/aromatic N) is 3. The molecule has 0 spiro atoms. The molecule has 0 atom stereocenters. The highest BCUT2D eigenvalue weighted by atomic mass is 32.2. The number of primary amides is 1. The molecule has 98 valence electrons. The summed E-state index contributed by atoms with van der Waals surface area (Å²) < 4.78 is 0. The van der Waals surface area contributed by atoms with Gasteiger partial charge in [-0.05, 0) is 18.4 Å². The zero-order valence-corrected chi connectivity index (χ0v) is 10.6. The van der Waals surface area contributed by atoms with Crippen LogP contribution in [-0.4, -0.2) is 22.3 Å². The molecule has 0 fully saturated rings. The molecule has 1 aromatic rings. The minimum atomic E-state index is -0.887. The first-order valence-corrected chi connectivity index (χ1v) is 6.08. The lowest BCUT2D eigenvalue weighted by Crippen LogP contribution is -2.14. The van der Waals surface area contributed by atoms with E-state index in [9.17, 15) is 14.9 Å². The fourth-order valence-corrected chi connectivity index (χ4v) is 1.58. The van der Waals surface area contributed by atoms with Gasteiger partial charge in [-0.15, -0.1) is 0 Å². The van der Waals surface area contributed by atoms with Crippen molar-refractivity contribution in [3.63, 3.8) is 0 Å². The number of aliphatic imine (C=N–C) groups is 1. The molecule has 0 heterocycles. The largest absolute Gasteiger partial charge is 0.365 e. The van der Waals surface area contributed by atoms with Crippen molar-refractivity contribution in [3.8, 4) is 6.19 Å². The van der Waals surface area contributed by atoms with Crippen molar-refractivity contribution < 1.29 is 9.72 Å². The van der Waals surface area contributed by atoms with Gasteiger partial charge in [0.1, 0.15) is 5.56 Å². The summed E-state index contributed by atoms with van der Waals surface area (Å²) in [6.07, 6.45) is 3.39. The topological polar surface area (TPSA) is 134 Å². The summed E-state index contributed by atoms with van der Waals surface area (Å²) in [4.78, 5) is 25.2. The predicted octanol–water partition coefficient (Wildman–Crippen LogP) is 1.11. The number of hydrogen-bond acceptors (Lipinski definition) is 6. The van der Waals surface area contributed by atoms with Gasteiger partial charge in [-0.2, -0.15) is 5.26 Å². The van der Waals surface area contributed by atoms with E-state index in [2.05, 4.69) is 10.3 Å². The number of rotatable bonds is 3. The van der Waals surface area contributed by atoms with E-state index < -0.39 is 16.5 Å². The third-order valence-corrected chi connectivity index (χ3v) is 2.61. The number of carbonyl (C=O) groups is 1. The van der Waals surface area contributed by atoms with Crippen molar-refractivity contribution in [2.45, 2.75) is 0 Å². The molecular weight excluding hydrogens is 270 g/mol. The van der Waals surface area contributed by atoms with Gasteiger partial charge in [0.2, 0.25) is 0 Å². The molecule has 3 N–H and O–H groups in total. The van der Waals surface area contributed by atoms with Crippen molar-refractivity contribution in [1.29, 1.82) is 5.26 Å². The van der Waals surface area contributed by atoms with Gasteiger partial charge >= 0.3 is 0 Å². The number of benzene rings is 1. The molecule has 0 bridgehead atoms. The van der Waals surface area contributed by atoms with Crippen LogP contribution in [0.1, 0.15) is 10.4 Å². The van der Waals surface area contributed by atoms with Crippen molar-refractivity contribution in [2.75, 3.05) is 6.26 Å². The number of amidine groups is 1. The molecule has 0 radical (unpaired) electrons. The van der Waals surface area contributed by atoms with Crippen molar-refractivity contribution >= 4 is 34.2 Å². The Morgan fingerprint density at radius 2 is 2.32 bits per heavy atom. The molecule has 9 heteroatoms. The van der Waals surface area contributed by atoms with E-state index in [0.29, 0.717) is 0 Å². The van der Waals surface area contributed by atoms with E-state index in [1.54, 1.807) is 12.4 Å². The van der Waals surface area contributed by atoms with E-state index in [1.165, 1.54) is 23.9 Å². The molecule has 0 aliphatic carbocycles. The quantitative estimate of drug-likeness (QED) is 0.212. The SMILES string of the molecule is CSC(=Nc1ccc(C(N)=O)c([N+](=O)[O-])c1)NC#N. The van der Waals surface area contributed by atoms with Crippen LogP contribution < -0.4 is 11.1 Å². The molecule has 1 amide bonds. The number of thioether (sulfide) groups is 1. The van der Waals surface area contributed by atoms with Crippen LogP contribution in [0.3, 0.4) is 0 Å². The summed E-state index contributed by atoms with van der Waals surface area (Å²) in [6, 6.07) is 3.75. The lowest BCUT2D eigenvalue weighted by molar-refractivity contribution is -0.385. The third-order valence-electron chi connectivity index (χ3n) is 2.03. The normalized spacial score (nSPS) is 10.6. The number of nitriles is 1. The van der Waals surface area contributed by atoms with Gasteiger partial charge in [0.25, 0.3) is 11.6 Å². The number of nitro groups is 1. The number of nitrogens with two attached hydrogens (primary N) is 1. The molecule has 0 saturated heterocycles. The fourth-order valence-electron chi connectivity index (χ4n) is 1.24. The predicted molar refractivity (Wildman–Crippen MR) is 71.0 cm³/mol. The van der Waals surface area contributed by atoms with Gasteiger partial charge in [0.15, 0.2) is 11.4 Å². The van der Waals surface area contributed by atoms with Gasteiger partial charge in [-0.1, -0.05) is 11.8 Å². The first-order chi connectivity index (χ1) is 8.99. The Hall–Kier alpha value is -2.60. The Morgan fingerprint density at radius 1 is 1.63 bits per heavy atom. The van der Waals surface area contributed by atoms with Crippen LogP contribution in [0, 0.1) is 21.6 Å². The maximum absolute atomic E-state index is 11.0. The minimum absolute atomic E-state index is 0.192. The minimum Gasteiger partial charge on any atom is -0.365 e. The summed E-state index contributed by atoms with van der Waals surface area (Å²) in [5.74, 6) is -0.887. The second kappa shape index (κ2) is 6.36. The average Bonchev–Trinajstić information content (AvgIpc) is 2.37. The smallest absolute Gasteiger partial charge is 0.284 e. The highest BCUT2D eigenvalue weighted by molar-refractivity contribution is 8.13. The number of nitrogens with one attached hydrogen (secondary N) is 1. The van der Waals surface area contributed by atoms with Crippen LogP contribution in [0.5, 0.6) is 0 Å². The molecule has 1 rings (SSSR count). The molecule has 0 saturated carbocycles. The zero-order chi connectivity index (χ0) is 14.4. The van der Waals surface area contributed by atoms with E-state index in [1.807, 2.05) is 0 Å². The van der Waals surface area contributed by atoms with Gasteiger partial charge in [0.05, 0.1) is 10.6 Å². The highest BCUT2D eigenvalue weighted by Crippen LogP contribution is 2.25. The highest BCUT2D eigenvalue weighted by Gasteiger charge is 2.18. The number of nitro benzene ring substituents is 1. The number of hydrogen-bond donors (Lipinski definition) is 2. The average molecular weight is 279 g/mol. The Kier molecular flexibility index (Phi) is 4.84. The summed E-state index contributed by atoms with van der Waals surface area (Å²) in [7, 11) is 0. The monoisotopic (exact) mass is 279 g/mol. The molecule has 1 aromatic carbocycles. The summed E-state index contributed by atoms with van der Waals surface area (Å²) >= 11 is 1.17. The Labute approximate surface area is 112 Å². The van der Waals surface area contributed by atoms with Crippen LogP contribution in [0.2, 0.25) is 0 Å². The Morgan fingerprint density at radius 3 is 2.79 bits per heavy atom. The molecule has 8 nitrogen and oxygen atoms in total. The van der Waals surface area contributed by atoms with Crippen LogP contribution in [-0.2, 0) is 0 Å². The van der Waals surface area contributed by atoms with Crippen LogP contribution in [0.25, 0.3) is 0 Å². The van der Waals surface area contributed by atoms with Gasteiger partial charge in [-0.25, -0.2) is 4.99 Å². The van der Waals surface area contributed by atoms with E-state index in [4.69, 9.17) is 11.0 Å². The summed E-state index contributed by atoms with van der Waals surface area (Å²) in [5, 5.41) is 21.9. The van der Waals surface area contributed by atoms with Gasteiger partial charge < -0.3 is 5.73 Å². The third kappa shape index (κ3) is 3.68. The molecule has 0 aliphatic rings. The first-order valence-electron chi connectivity index (χ1n) is 4.85. The number of carbonyl (C=O) groups excluding carboxylic acids is 1. The summed E-state index contributed by atoms with van der Waals surface area (Å²) in [5.41, 5.74) is 4.66. The van der Waals surface area contributed by atoms with Crippen LogP contribution >= 0.6 is 11.8 Å². The van der Waals surface area contributed by atoms with Crippen LogP contribution in [0.4, 0.5) is 11.4 Å². The molecule has 0 aliphatic heterocycles. The summed E-state index contributed by atoms with van der Waals surface area (Å²) in [6.45, 7) is 0. The second-order valence-electron chi connectivity index (χ2n) is 3.18. The second-order valence-corrected chi connectivity index (χ2v) is 3.98. The van der Waals surface area contributed by atoms with Crippen molar-refractivity contribution in [3.05, 3.63) is 33.9 Å². The lowest BCUT2D eigenvalue weighted by atomic mass is 10.1. The first kappa shape index (κ1) is 14.5. The van der Waals surface area contributed by atoms with Crippen molar-refractivity contribution in [1.82, 2.24) is 5.32 Å². The maximum atomic E-state index is 11.0. The molecule has 0 unspecified atom stereocenters. The maximum Gasteiger partial charge on any atom is 0.284 e. The van der Waals surface area contributed by atoms with E-state index in [-0.39, 0.29) is 16.4 Å². The van der Waals surface area contributed by atoms with Crippen LogP contribution in [0.15, 0.2) is 23.2 Å². The van der Waals surface area contributed by atoms with Gasteiger partial charge in [-0.3, -0.25) is 20.2 Å². The fraction of sp³-hybridized carbons (Fsp3) is 0.100. The van der Waals surface area contributed by atoms with E-state index >= 15 is 0 Å². The van der Waals surface area contributed by atoms with Gasteiger partial charge in [0, 0.05) is 6.07 Å². The van der Waals surface area contributed by atoms with Crippen molar-refractivity contribution in [2.24, 2.45) is 10.7 Å². The standard InChI is InChI=1S/C10H9N5O3S/c1-19-10(13-5-11)14-6-2-3-7(9(12)16)8(4-6)15(17)18/h2-4H,1H3,(H2,12,16)(H,13,14). The molecule has 0 aromatic heterocycles. The Bertz CT molecular complexity index is 593. The van der Waals surface area contributed by atoms with E-state index in [0.717, 1.165) is 6.07 Å². The zero-order valence-electron chi connectivity index (χ0n) is 9.78. The number of amides is 1. The molecular formula is C10H9N5O3S. The lowest BCUT2D eigenvalue weighted by Gasteiger charge is -2.02.